The molecule has 0 aliphatic carbocycles. The van der Waals surface area contributed by atoms with Crippen LogP contribution in [-0.2, 0) is 9.53 Å². The molecule has 1 amide bonds. The summed E-state index contributed by atoms with van der Waals surface area (Å²) in [4.78, 5) is 13.3. The molecule has 100 valence electrons. The van der Waals surface area contributed by atoms with Crippen molar-refractivity contribution in [3.8, 4) is 5.75 Å². The fourth-order valence-corrected chi connectivity index (χ4v) is 1.49. The predicted molar refractivity (Wildman–Crippen MR) is 69.4 cm³/mol. The molecule has 5 nitrogen and oxygen atoms in total. The topological polar surface area (TPSA) is 64.8 Å². The third-order valence-electron chi connectivity index (χ3n) is 2.42. The number of hydrogen-bond donors (Lipinski definition) is 1. The molecule has 0 saturated carbocycles. The van der Waals surface area contributed by atoms with Gasteiger partial charge < -0.3 is 20.1 Å². The second-order valence-corrected chi connectivity index (χ2v) is 4.09. The van der Waals surface area contributed by atoms with Crippen LogP contribution in [0.25, 0.3) is 0 Å². The van der Waals surface area contributed by atoms with Gasteiger partial charge >= 0.3 is 0 Å². The van der Waals surface area contributed by atoms with Crippen LogP contribution < -0.4 is 10.5 Å². The van der Waals surface area contributed by atoms with Gasteiger partial charge in [0, 0.05) is 26.7 Å². The molecule has 0 bridgehead atoms. The van der Waals surface area contributed by atoms with E-state index in [0.717, 1.165) is 0 Å². The Hall–Kier alpha value is -1.59. The number of ether oxygens (including phenoxy) is 2. The molecule has 5 heteroatoms. The van der Waals surface area contributed by atoms with Crippen LogP contribution in [0.4, 0.5) is 0 Å². The van der Waals surface area contributed by atoms with Gasteiger partial charge in [0.2, 0.25) is 0 Å². The molecule has 18 heavy (non-hydrogen) atoms. The highest BCUT2D eigenvalue weighted by Gasteiger charge is 2.13. The number of hydrogen-bond acceptors (Lipinski definition) is 4. The number of nitrogens with zero attached hydrogens (tertiary/aromatic N) is 1. The molecule has 0 heterocycles. The first-order valence-electron chi connectivity index (χ1n) is 5.79. The van der Waals surface area contributed by atoms with E-state index in [0.29, 0.717) is 18.9 Å². The van der Waals surface area contributed by atoms with Crippen molar-refractivity contribution in [1.29, 1.82) is 0 Å². The van der Waals surface area contributed by atoms with Crippen LogP contribution in [0.3, 0.4) is 0 Å². The molecule has 1 unspecified atom stereocenters. The minimum absolute atomic E-state index is 0.0141. The highest BCUT2D eigenvalue weighted by Crippen LogP contribution is 2.08. The number of methoxy groups -OCH3 is 1. The molecule has 0 spiro atoms. The molecule has 0 saturated heterocycles. The average Bonchev–Trinajstić information content (AvgIpc) is 2.37. The van der Waals surface area contributed by atoms with E-state index in [1.54, 1.807) is 19.1 Å². The maximum atomic E-state index is 11.8. The van der Waals surface area contributed by atoms with Crippen molar-refractivity contribution in [3.05, 3.63) is 30.3 Å². The van der Waals surface area contributed by atoms with Crippen molar-refractivity contribution in [2.75, 3.05) is 33.9 Å². The summed E-state index contributed by atoms with van der Waals surface area (Å²) in [6.45, 7) is 0.891. The fraction of sp³-hybridized carbons (Fsp3) is 0.462. The summed E-state index contributed by atoms with van der Waals surface area (Å²) >= 11 is 0. The number of carbonyl (C=O) groups excluding carboxylic acids is 1. The molecule has 1 aromatic rings. The molecular formula is C13H20N2O3. The highest BCUT2D eigenvalue weighted by atomic mass is 16.5. The molecule has 2 N–H and O–H groups in total. The monoisotopic (exact) mass is 252 g/mol. The minimum Gasteiger partial charge on any atom is -0.484 e. The Morgan fingerprint density at radius 2 is 2.06 bits per heavy atom. The van der Waals surface area contributed by atoms with Crippen LogP contribution in [0.15, 0.2) is 30.3 Å². The van der Waals surface area contributed by atoms with E-state index in [9.17, 15) is 4.79 Å². The SMILES string of the molecule is COCC(N)CN(C)C(=O)COc1ccccc1. The summed E-state index contributed by atoms with van der Waals surface area (Å²) in [7, 11) is 3.28. The molecular weight excluding hydrogens is 232 g/mol. The van der Waals surface area contributed by atoms with Crippen LogP contribution in [-0.4, -0.2) is 50.8 Å². The van der Waals surface area contributed by atoms with Crippen molar-refractivity contribution >= 4 is 5.91 Å². The van der Waals surface area contributed by atoms with Gasteiger partial charge in [0.15, 0.2) is 6.61 Å². The molecule has 0 aliphatic heterocycles. The number of likely N-dealkylation sites (N-methyl/N-ethyl adjacent to an activating group) is 1. The lowest BCUT2D eigenvalue weighted by atomic mass is 10.3. The van der Waals surface area contributed by atoms with E-state index in [-0.39, 0.29) is 18.6 Å². The Balaban J connectivity index is 2.32. The van der Waals surface area contributed by atoms with Gasteiger partial charge in [-0.2, -0.15) is 0 Å². The Morgan fingerprint density at radius 3 is 2.67 bits per heavy atom. The Bertz CT molecular complexity index is 357. The first-order chi connectivity index (χ1) is 8.63. The quantitative estimate of drug-likeness (QED) is 0.767. The maximum absolute atomic E-state index is 11.8. The van der Waals surface area contributed by atoms with Gasteiger partial charge in [-0.05, 0) is 12.1 Å². The van der Waals surface area contributed by atoms with Gasteiger partial charge in [-0.25, -0.2) is 0 Å². The van der Waals surface area contributed by atoms with Crippen molar-refractivity contribution in [2.45, 2.75) is 6.04 Å². The van der Waals surface area contributed by atoms with E-state index in [1.165, 1.54) is 0 Å². The normalized spacial score (nSPS) is 11.9. The van der Waals surface area contributed by atoms with Crippen LogP contribution in [0, 0.1) is 0 Å². The van der Waals surface area contributed by atoms with Gasteiger partial charge in [0.1, 0.15) is 5.75 Å². The Labute approximate surface area is 107 Å². The van der Waals surface area contributed by atoms with Crippen LogP contribution in [0.5, 0.6) is 5.75 Å². The third kappa shape index (κ3) is 5.16. The van der Waals surface area contributed by atoms with Gasteiger partial charge in [-0.15, -0.1) is 0 Å². The van der Waals surface area contributed by atoms with E-state index >= 15 is 0 Å². The standard InChI is InChI=1S/C13H20N2O3/c1-15(8-11(14)9-17-2)13(16)10-18-12-6-4-3-5-7-12/h3-7,11H,8-10,14H2,1-2H3. The molecule has 0 radical (unpaired) electrons. The van der Waals surface area contributed by atoms with E-state index in [2.05, 4.69) is 0 Å². The van der Waals surface area contributed by atoms with Gasteiger partial charge in [0.25, 0.3) is 5.91 Å². The lowest BCUT2D eigenvalue weighted by Crippen LogP contribution is -2.42. The maximum Gasteiger partial charge on any atom is 0.260 e. The second-order valence-electron chi connectivity index (χ2n) is 4.09. The van der Waals surface area contributed by atoms with Crippen molar-refractivity contribution < 1.29 is 14.3 Å². The molecule has 0 fully saturated rings. The molecule has 0 aromatic heterocycles. The zero-order chi connectivity index (χ0) is 13.4. The number of amides is 1. The van der Waals surface area contributed by atoms with Gasteiger partial charge in [0.05, 0.1) is 6.61 Å². The third-order valence-corrected chi connectivity index (χ3v) is 2.42. The van der Waals surface area contributed by atoms with Crippen molar-refractivity contribution in [3.63, 3.8) is 0 Å². The largest absolute Gasteiger partial charge is 0.484 e. The van der Waals surface area contributed by atoms with E-state index < -0.39 is 0 Å². The summed E-state index contributed by atoms with van der Waals surface area (Å²) in [5.74, 6) is 0.575. The summed E-state index contributed by atoms with van der Waals surface area (Å²) in [6.07, 6.45) is 0. The molecule has 0 aliphatic rings. The fourth-order valence-electron chi connectivity index (χ4n) is 1.49. The molecule has 1 rings (SSSR count). The summed E-state index contributed by atoms with van der Waals surface area (Å²) in [5, 5.41) is 0. The number of para-hydroxylation sites is 1. The minimum atomic E-state index is -0.180. The van der Waals surface area contributed by atoms with E-state index in [4.69, 9.17) is 15.2 Å². The lowest BCUT2D eigenvalue weighted by molar-refractivity contribution is -0.132. The zero-order valence-corrected chi connectivity index (χ0v) is 10.8. The summed E-state index contributed by atoms with van der Waals surface area (Å²) in [6, 6.07) is 9.05. The number of nitrogens with two attached hydrogens (primary N) is 1. The highest BCUT2D eigenvalue weighted by molar-refractivity contribution is 5.77. The van der Waals surface area contributed by atoms with Gasteiger partial charge in [-0.1, -0.05) is 18.2 Å². The summed E-state index contributed by atoms with van der Waals surface area (Å²) in [5.41, 5.74) is 5.77. The smallest absolute Gasteiger partial charge is 0.260 e. The van der Waals surface area contributed by atoms with Crippen LogP contribution in [0.2, 0.25) is 0 Å². The average molecular weight is 252 g/mol. The predicted octanol–water partition coefficient (Wildman–Crippen LogP) is 0.498. The summed E-state index contributed by atoms with van der Waals surface area (Å²) < 4.78 is 10.3. The second kappa shape index (κ2) is 7.68. The molecule has 1 atom stereocenters. The first kappa shape index (κ1) is 14.5. The van der Waals surface area contributed by atoms with Crippen LogP contribution >= 0.6 is 0 Å². The van der Waals surface area contributed by atoms with E-state index in [1.807, 2.05) is 30.3 Å². The van der Waals surface area contributed by atoms with Crippen LogP contribution in [0.1, 0.15) is 0 Å². The number of benzene rings is 1. The zero-order valence-electron chi connectivity index (χ0n) is 10.8. The number of carbonyl (C=O) groups is 1. The number of rotatable bonds is 7. The lowest BCUT2D eigenvalue weighted by Gasteiger charge is -2.21. The first-order valence-corrected chi connectivity index (χ1v) is 5.79. The Kier molecular flexibility index (Phi) is 6.18. The molecule has 1 aromatic carbocycles. The van der Waals surface area contributed by atoms with Gasteiger partial charge in [-0.3, -0.25) is 4.79 Å². The van der Waals surface area contributed by atoms with Crippen molar-refractivity contribution in [2.24, 2.45) is 5.73 Å². The van der Waals surface area contributed by atoms with Crippen molar-refractivity contribution in [1.82, 2.24) is 4.90 Å². The Morgan fingerprint density at radius 1 is 1.39 bits per heavy atom.